The number of nitrogens with one attached hydrogen (secondary N) is 1. The zero-order valence-corrected chi connectivity index (χ0v) is 12.1. The van der Waals surface area contributed by atoms with Crippen LogP contribution in [0.1, 0.15) is 23.2 Å². The predicted octanol–water partition coefficient (Wildman–Crippen LogP) is 2.23. The van der Waals surface area contributed by atoms with Crippen LogP contribution in [0.15, 0.2) is 29.2 Å². The molecule has 2 fully saturated rings. The molecule has 0 bridgehead atoms. The summed E-state index contributed by atoms with van der Waals surface area (Å²) < 4.78 is 0. The first-order valence-corrected chi connectivity index (χ1v) is 8.17. The fourth-order valence-corrected chi connectivity index (χ4v) is 3.81. The SMILES string of the molecule is CSc1ccccc1C(=O)N1CCC2NCCC2C1. The third-order valence-corrected chi connectivity index (χ3v) is 5.08. The number of thioether (sulfide) groups is 1. The summed E-state index contributed by atoms with van der Waals surface area (Å²) in [5, 5.41) is 3.54. The molecule has 102 valence electrons. The van der Waals surface area contributed by atoms with Crippen molar-refractivity contribution in [3.63, 3.8) is 0 Å². The van der Waals surface area contributed by atoms with Gasteiger partial charge in [0.2, 0.25) is 0 Å². The zero-order valence-electron chi connectivity index (χ0n) is 11.3. The van der Waals surface area contributed by atoms with Crippen LogP contribution in [0.25, 0.3) is 0 Å². The Labute approximate surface area is 118 Å². The maximum absolute atomic E-state index is 12.7. The summed E-state index contributed by atoms with van der Waals surface area (Å²) in [6.45, 7) is 2.91. The van der Waals surface area contributed by atoms with Crippen molar-refractivity contribution in [2.75, 3.05) is 25.9 Å². The van der Waals surface area contributed by atoms with Crippen LogP contribution in [0.3, 0.4) is 0 Å². The standard InChI is InChI=1S/C15H20N2OS/c1-19-14-5-3-2-4-12(14)15(18)17-9-7-13-11(10-17)6-8-16-13/h2-5,11,13,16H,6-10H2,1H3. The number of benzene rings is 1. The van der Waals surface area contributed by atoms with Gasteiger partial charge in [-0.15, -0.1) is 11.8 Å². The molecule has 0 spiro atoms. The second-order valence-electron chi connectivity index (χ2n) is 5.35. The number of likely N-dealkylation sites (tertiary alicyclic amines) is 1. The second-order valence-corrected chi connectivity index (χ2v) is 6.20. The fourth-order valence-electron chi connectivity index (χ4n) is 3.22. The van der Waals surface area contributed by atoms with Gasteiger partial charge in [-0.25, -0.2) is 0 Å². The van der Waals surface area contributed by atoms with E-state index in [2.05, 4.69) is 5.32 Å². The van der Waals surface area contributed by atoms with E-state index in [1.54, 1.807) is 11.8 Å². The lowest BCUT2D eigenvalue weighted by molar-refractivity contribution is 0.0658. The summed E-state index contributed by atoms with van der Waals surface area (Å²) in [6, 6.07) is 8.57. The van der Waals surface area contributed by atoms with Gasteiger partial charge in [-0.1, -0.05) is 12.1 Å². The largest absolute Gasteiger partial charge is 0.338 e. The first kappa shape index (κ1) is 13.0. The lowest BCUT2D eigenvalue weighted by Crippen LogP contribution is -2.46. The van der Waals surface area contributed by atoms with Crippen LogP contribution in [0, 0.1) is 5.92 Å². The van der Waals surface area contributed by atoms with Crippen molar-refractivity contribution in [3.05, 3.63) is 29.8 Å². The van der Waals surface area contributed by atoms with Crippen LogP contribution in [-0.4, -0.2) is 42.7 Å². The maximum atomic E-state index is 12.7. The van der Waals surface area contributed by atoms with Crippen molar-refractivity contribution in [2.45, 2.75) is 23.8 Å². The van der Waals surface area contributed by atoms with Gasteiger partial charge in [0.05, 0.1) is 5.56 Å². The smallest absolute Gasteiger partial charge is 0.254 e. The average molecular weight is 276 g/mol. The van der Waals surface area contributed by atoms with Gasteiger partial charge >= 0.3 is 0 Å². The minimum absolute atomic E-state index is 0.204. The minimum Gasteiger partial charge on any atom is -0.338 e. The molecule has 2 heterocycles. The Hall–Kier alpha value is -1.00. The Morgan fingerprint density at radius 2 is 2.21 bits per heavy atom. The third kappa shape index (κ3) is 2.51. The summed E-state index contributed by atoms with van der Waals surface area (Å²) in [5.41, 5.74) is 0.861. The molecule has 4 heteroatoms. The molecule has 1 aromatic rings. The molecule has 2 unspecified atom stereocenters. The highest BCUT2D eigenvalue weighted by atomic mass is 32.2. The van der Waals surface area contributed by atoms with Crippen molar-refractivity contribution in [1.29, 1.82) is 0 Å². The number of hydrogen-bond donors (Lipinski definition) is 1. The lowest BCUT2D eigenvalue weighted by Gasteiger charge is -2.35. The maximum Gasteiger partial charge on any atom is 0.254 e. The van der Waals surface area contributed by atoms with Crippen molar-refractivity contribution in [2.24, 2.45) is 5.92 Å². The van der Waals surface area contributed by atoms with E-state index < -0.39 is 0 Å². The average Bonchev–Trinajstić information content (AvgIpc) is 2.93. The molecule has 2 atom stereocenters. The number of hydrogen-bond acceptors (Lipinski definition) is 3. The summed E-state index contributed by atoms with van der Waals surface area (Å²) in [6.07, 6.45) is 4.33. The van der Waals surface area contributed by atoms with E-state index in [-0.39, 0.29) is 5.91 Å². The molecular weight excluding hydrogens is 256 g/mol. The highest BCUT2D eigenvalue weighted by Gasteiger charge is 2.34. The van der Waals surface area contributed by atoms with Crippen LogP contribution in [-0.2, 0) is 0 Å². The van der Waals surface area contributed by atoms with Crippen molar-refractivity contribution in [1.82, 2.24) is 10.2 Å². The predicted molar refractivity (Wildman–Crippen MR) is 78.6 cm³/mol. The van der Waals surface area contributed by atoms with Gasteiger partial charge in [0.15, 0.2) is 0 Å². The van der Waals surface area contributed by atoms with Gasteiger partial charge in [0.25, 0.3) is 5.91 Å². The number of fused-ring (bicyclic) bond motifs is 1. The van der Waals surface area contributed by atoms with Gasteiger partial charge in [-0.3, -0.25) is 4.79 Å². The Morgan fingerprint density at radius 3 is 3.05 bits per heavy atom. The molecular formula is C15H20N2OS. The number of nitrogens with zero attached hydrogens (tertiary/aromatic N) is 1. The summed E-state index contributed by atoms with van der Waals surface area (Å²) >= 11 is 1.65. The van der Waals surface area contributed by atoms with Crippen molar-refractivity contribution < 1.29 is 4.79 Å². The fraction of sp³-hybridized carbons (Fsp3) is 0.533. The van der Waals surface area contributed by atoms with E-state index in [9.17, 15) is 4.79 Å². The number of carbonyl (C=O) groups is 1. The minimum atomic E-state index is 0.204. The molecule has 1 aromatic carbocycles. The lowest BCUT2D eigenvalue weighted by atomic mass is 9.93. The Bertz CT molecular complexity index is 477. The van der Waals surface area contributed by atoms with Crippen molar-refractivity contribution in [3.8, 4) is 0 Å². The highest BCUT2D eigenvalue weighted by Crippen LogP contribution is 2.27. The number of amides is 1. The first-order chi connectivity index (χ1) is 9.29. The van der Waals surface area contributed by atoms with E-state index in [4.69, 9.17) is 0 Å². The quantitative estimate of drug-likeness (QED) is 0.841. The molecule has 3 nitrogen and oxygen atoms in total. The van der Waals surface area contributed by atoms with Gasteiger partial charge in [-0.2, -0.15) is 0 Å². The van der Waals surface area contributed by atoms with E-state index in [1.165, 1.54) is 6.42 Å². The normalized spacial score (nSPS) is 26.3. The Balaban J connectivity index is 1.76. The number of piperidine rings is 1. The molecule has 1 N–H and O–H groups in total. The van der Waals surface area contributed by atoms with E-state index in [0.29, 0.717) is 12.0 Å². The summed E-state index contributed by atoms with van der Waals surface area (Å²) in [5.74, 6) is 0.856. The second kappa shape index (κ2) is 5.55. The molecule has 1 amide bonds. The topological polar surface area (TPSA) is 32.3 Å². The molecule has 0 radical (unpaired) electrons. The van der Waals surface area contributed by atoms with Crippen LogP contribution < -0.4 is 5.32 Å². The molecule has 0 aromatic heterocycles. The van der Waals surface area contributed by atoms with E-state index in [1.807, 2.05) is 35.4 Å². The van der Waals surface area contributed by atoms with Gasteiger partial charge < -0.3 is 10.2 Å². The van der Waals surface area contributed by atoms with Crippen molar-refractivity contribution >= 4 is 17.7 Å². The summed E-state index contributed by atoms with van der Waals surface area (Å²) in [4.78, 5) is 15.8. The monoisotopic (exact) mass is 276 g/mol. The first-order valence-electron chi connectivity index (χ1n) is 6.95. The molecule has 2 aliphatic heterocycles. The molecule has 2 saturated heterocycles. The molecule has 3 rings (SSSR count). The Morgan fingerprint density at radius 1 is 1.37 bits per heavy atom. The number of rotatable bonds is 2. The highest BCUT2D eigenvalue weighted by molar-refractivity contribution is 7.98. The molecule has 19 heavy (non-hydrogen) atoms. The molecule has 0 saturated carbocycles. The van der Waals surface area contributed by atoms with Crippen LogP contribution in [0.2, 0.25) is 0 Å². The van der Waals surface area contributed by atoms with Gasteiger partial charge in [0.1, 0.15) is 0 Å². The molecule has 2 aliphatic rings. The zero-order chi connectivity index (χ0) is 13.2. The van der Waals surface area contributed by atoms with E-state index in [0.717, 1.165) is 36.5 Å². The van der Waals surface area contributed by atoms with Crippen LogP contribution in [0.5, 0.6) is 0 Å². The van der Waals surface area contributed by atoms with Gasteiger partial charge in [-0.05, 0) is 43.7 Å². The number of carbonyl (C=O) groups excluding carboxylic acids is 1. The third-order valence-electron chi connectivity index (χ3n) is 4.28. The van der Waals surface area contributed by atoms with Crippen LogP contribution >= 0.6 is 11.8 Å². The Kier molecular flexibility index (Phi) is 3.80. The molecule has 0 aliphatic carbocycles. The van der Waals surface area contributed by atoms with Crippen LogP contribution in [0.4, 0.5) is 0 Å². The summed E-state index contributed by atoms with van der Waals surface area (Å²) in [7, 11) is 0. The van der Waals surface area contributed by atoms with E-state index >= 15 is 0 Å². The van der Waals surface area contributed by atoms with Gasteiger partial charge in [0, 0.05) is 24.0 Å².